The lowest BCUT2D eigenvalue weighted by Crippen LogP contribution is -2.23. The van der Waals surface area contributed by atoms with Crippen molar-refractivity contribution in [1.29, 1.82) is 0 Å². The van der Waals surface area contributed by atoms with Crippen molar-refractivity contribution < 1.29 is 9.53 Å². The molecule has 0 spiro atoms. The maximum atomic E-state index is 12.7. The molecule has 0 saturated carbocycles. The van der Waals surface area contributed by atoms with Crippen LogP contribution in [0, 0.1) is 0 Å². The smallest absolute Gasteiger partial charge is 0.262 e. The van der Waals surface area contributed by atoms with E-state index >= 15 is 0 Å². The minimum Gasteiger partial charge on any atom is -0.497 e. The summed E-state index contributed by atoms with van der Waals surface area (Å²) in [5.41, 5.74) is 1.13. The standard InChI is InChI=1S/C19H17BrN2O3S/c1-3-22-18(24)15-10-13(20)6-9-16(15)21-19(22)26-11-17(23)12-4-7-14(25-2)8-5-12/h4-10H,3,11H2,1-2H3. The molecule has 1 heterocycles. The third kappa shape index (κ3) is 3.83. The largest absolute Gasteiger partial charge is 0.497 e. The van der Waals surface area contributed by atoms with Gasteiger partial charge in [0.25, 0.3) is 5.56 Å². The van der Waals surface area contributed by atoms with Crippen LogP contribution in [-0.2, 0) is 6.54 Å². The predicted molar refractivity (Wildman–Crippen MR) is 107 cm³/mol. The topological polar surface area (TPSA) is 61.2 Å². The highest BCUT2D eigenvalue weighted by Crippen LogP contribution is 2.22. The number of ether oxygens (including phenoxy) is 1. The lowest BCUT2D eigenvalue weighted by Gasteiger charge is -2.11. The highest BCUT2D eigenvalue weighted by Gasteiger charge is 2.13. The number of hydrogen-bond donors (Lipinski definition) is 0. The quantitative estimate of drug-likeness (QED) is 0.332. The van der Waals surface area contributed by atoms with Crippen LogP contribution >= 0.6 is 27.7 Å². The Morgan fingerprint density at radius 1 is 1.23 bits per heavy atom. The number of hydrogen-bond acceptors (Lipinski definition) is 5. The summed E-state index contributed by atoms with van der Waals surface area (Å²) in [6.45, 7) is 2.38. The SMILES string of the molecule is CCn1c(SCC(=O)c2ccc(OC)cc2)nc2ccc(Br)cc2c1=O. The van der Waals surface area contributed by atoms with Gasteiger partial charge in [-0.15, -0.1) is 0 Å². The molecule has 5 nitrogen and oxygen atoms in total. The number of methoxy groups -OCH3 is 1. The predicted octanol–water partition coefficient (Wildman–Crippen LogP) is 4.16. The van der Waals surface area contributed by atoms with E-state index in [0.717, 1.165) is 4.47 Å². The maximum Gasteiger partial charge on any atom is 0.262 e. The molecule has 3 rings (SSSR count). The maximum absolute atomic E-state index is 12.7. The average molecular weight is 433 g/mol. The van der Waals surface area contributed by atoms with Gasteiger partial charge in [0.05, 0.1) is 23.8 Å². The van der Waals surface area contributed by atoms with Crippen LogP contribution in [0.25, 0.3) is 10.9 Å². The van der Waals surface area contributed by atoms with Crippen LogP contribution in [0.15, 0.2) is 56.9 Å². The molecule has 134 valence electrons. The van der Waals surface area contributed by atoms with E-state index in [2.05, 4.69) is 20.9 Å². The molecule has 0 atom stereocenters. The molecule has 0 aliphatic rings. The Morgan fingerprint density at radius 2 is 1.96 bits per heavy atom. The number of Topliss-reactive ketones (excluding diaryl/α,β-unsaturated/α-hetero) is 1. The Bertz CT molecular complexity index is 1020. The zero-order valence-corrected chi connectivity index (χ0v) is 16.8. The highest BCUT2D eigenvalue weighted by atomic mass is 79.9. The van der Waals surface area contributed by atoms with Crippen LogP contribution in [-0.4, -0.2) is 28.2 Å². The average Bonchev–Trinajstić information content (AvgIpc) is 2.67. The van der Waals surface area contributed by atoms with Crippen molar-refractivity contribution in [3.63, 3.8) is 0 Å². The van der Waals surface area contributed by atoms with Crippen LogP contribution in [0.4, 0.5) is 0 Å². The molecule has 7 heteroatoms. The van der Waals surface area contributed by atoms with E-state index in [1.54, 1.807) is 48.1 Å². The zero-order valence-electron chi connectivity index (χ0n) is 14.4. The first-order valence-corrected chi connectivity index (χ1v) is 9.81. The fourth-order valence-electron chi connectivity index (χ4n) is 2.55. The molecule has 3 aromatic rings. The fourth-order valence-corrected chi connectivity index (χ4v) is 3.87. The summed E-state index contributed by atoms with van der Waals surface area (Å²) in [6.07, 6.45) is 0. The Morgan fingerprint density at radius 3 is 2.62 bits per heavy atom. The van der Waals surface area contributed by atoms with Crippen LogP contribution < -0.4 is 10.3 Å². The van der Waals surface area contributed by atoms with E-state index in [-0.39, 0.29) is 17.1 Å². The molecule has 0 unspecified atom stereocenters. The van der Waals surface area contributed by atoms with Gasteiger partial charge in [-0.2, -0.15) is 0 Å². The lowest BCUT2D eigenvalue weighted by molar-refractivity contribution is 0.102. The van der Waals surface area contributed by atoms with Gasteiger partial charge >= 0.3 is 0 Å². The molecule has 0 N–H and O–H groups in total. The molecule has 0 fully saturated rings. The second-order valence-corrected chi connectivity index (χ2v) is 7.40. The van der Waals surface area contributed by atoms with Gasteiger partial charge in [-0.05, 0) is 49.4 Å². The number of benzene rings is 2. The number of ketones is 1. The monoisotopic (exact) mass is 432 g/mol. The van der Waals surface area contributed by atoms with Crippen molar-refractivity contribution >= 4 is 44.4 Å². The van der Waals surface area contributed by atoms with E-state index in [1.165, 1.54) is 11.8 Å². The molecule has 2 aromatic carbocycles. The van der Waals surface area contributed by atoms with Crippen molar-refractivity contribution in [3.05, 3.63) is 62.9 Å². The summed E-state index contributed by atoms with van der Waals surface area (Å²) in [4.78, 5) is 29.7. The van der Waals surface area contributed by atoms with E-state index in [1.807, 2.05) is 13.0 Å². The first-order valence-electron chi connectivity index (χ1n) is 8.03. The third-order valence-electron chi connectivity index (χ3n) is 3.94. The van der Waals surface area contributed by atoms with E-state index in [0.29, 0.717) is 33.9 Å². The van der Waals surface area contributed by atoms with Crippen molar-refractivity contribution in [3.8, 4) is 5.75 Å². The van der Waals surface area contributed by atoms with Gasteiger partial charge in [0.2, 0.25) is 0 Å². The van der Waals surface area contributed by atoms with E-state index in [4.69, 9.17) is 4.74 Å². The fraction of sp³-hybridized carbons (Fsp3) is 0.211. The van der Waals surface area contributed by atoms with Gasteiger partial charge in [-0.3, -0.25) is 14.2 Å². The first-order chi connectivity index (χ1) is 12.5. The van der Waals surface area contributed by atoms with Crippen LogP contribution in [0.5, 0.6) is 5.75 Å². The Kier molecular flexibility index (Phi) is 5.78. The van der Waals surface area contributed by atoms with Gasteiger partial charge in [0.1, 0.15) is 5.75 Å². The Balaban J connectivity index is 1.87. The molecule has 0 aliphatic carbocycles. The van der Waals surface area contributed by atoms with Gasteiger partial charge in [0.15, 0.2) is 10.9 Å². The Hall–Kier alpha value is -2.12. The first kappa shape index (κ1) is 18.7. The highest BCUT2D eigenvalue weighted by molar-refractivity contribution is 9.10. The van der Waals surface area contributed by atoms with Gasteiger partial charge < -0.3 is 4.74 Å². The molecule has 0 aliphatic heterocycles. The molecular weight excluding hydrogens is 416 g/mol. The number of carbonyl (C=O) groups excluding carboxylic acids is 1. The Labute approximate surface area is 163 Å². The summed E-state index contributed by atoms with van der Waals surface area (Å²) in [6, 6.07) is 12.4. The van der Waals surface area contributed by atoms with E-state index < -0.39 is 0 Å². The lowest BCUT2D eigenvalue weighted by atomic mass is 10.1. The molecule has 0 amide bonds. The summed E-state index contributed by atoms with van der Waals surface area (Å²) in [7, 11) is 1.58. The molecule has 0 radical (unpaired) electrons. The van der Waals surface area contributed by atoms with Crippen LogP contribution in [0.1, 0.15) is 17.3 Å². The summed E-state index contributed by atoms with van der Waals surface area (Å²) in [5, 5.41) is 1.11. The molecular formula is C19H17BrN2O3S. The van der Waals surface area contributed by atoms with Crippen LogP contribution in [0.2, 0.25) is 0 Å². The number of nitrogens with zero attached hydrogens (tertiary/aromatic N) is 2. The van der Waals surface area contributed by atoms with Crippen molar-refractivity contribution in [2.75, 3.05) is 12.9 Å². The number of thioether (sulfide) groups is 1. The van der Waals surface area contributed by atoms with Crippen LogP contribution in [0.3, 0.4) is 0 Å². The summed E-state index contributed by atoms with van der Waals surface area (Å²) in [5.74, 6) is 0.891. The number of fused-ring (bicyclic) bond motifs is 1. The third-order valence-corrected chi connectivity index (χ3v) is 5.41. The molecule has 26 heavy (non-hydrogen) atoms. The summed E-state index contributed by atoms with van der Waals surface area (Å²) < 4.78 is 7.54. The number of aromatic nitrogens is 2. The molecule has 1 aromatic heterocycles. The minimum absolute atomic E-state index is 0.0227. The zero-order chi connectivity index (χ0) is 18.7. The normalized spacial score (nSPS) is 10.9. The summed E-state index contributed by atoms with van der Waals surface area (Å²) >= 11 is 4.66. The minimum atomic E-state index is -0.0989. The number of rotatable bonds is 6. The van der Waals surface area contributed by atoms with Crippen molar-refractivity contribution in [2.45, 2.75) is 18.6 Å². The number of halogens is 1. The van der Waals surface area contributed by atoms with Gasteiger partial charge in [-0.1, -0.05) is 27.7 Å². The van der Waals surface area contributed by atoms with Crippen molar-refractivity contribution in [2.24, 2.45) is 0 Å². The van der Waals surface area contributed by atoms with Gasteiger partial charge in [-0.25, -0.2) is 4.98 Å². The second kappa shape index (κ2) is 8.05. The number of carbonyl (C=O) groups is 1. The molecule has 0 saturated heterocycles. The second-order valence-electron chi connectivity index (χ2n) is 5.55. The van der Waals surface area contributed by atoms with Gasteiger partial charge in [0, 0.05) is 16.6 Å². The van der Waals surface area contributed by atoms with Crippen molar-refractivity contribution in [1.82, 2.24) is 9.55 Å². The molecule has 0 bridgehead atoms. The van der Waals surface area contributed by atoms with E-state index in [9.17, 15) is 9.59 Å².